The molecular formula is C12H18N2O3S. The number of rotatable bonds is 3. The number of para-hydroxylation sites is 2. The number of hydrogen-bond donors (Lipinski definition) is 1. The van der Waals surface area contributed by atoms with E-state index in [4.69, 9.17) is 5.11 Å². The second kappa shape index (κ2) is 4.78. The number of aliphatic hydroxyl groups is 1. The van der Waals surface area contributed by atoms with Gasteiger partial charge in [-0.25, -0.2) is 8.42 Å². The molecule has 1 heterocycles. The van der Waals surface area contributed by atoms with Crippen molar-refractivity contribution in [3.05, 3.63) is 24.3 Å². The fourth-order valence-corrected chi connectivity index (χ4v) is 3.44. The molecule has 1 aliphatic heterocycles. The second-order valence-corrected chi connectivity index (χ2v) is 6.80. The lowest BCUT2D eigenvalue weighted by atomic mass is 10.2. The van der Waals surface area contributed by atoms with Crippen LogP contribution in [0.5, 0.6) is 0 Å². The van der Waals surface area contributed by atoms with Crippen molar-refractivity contribution in [3.63, 3.8) is 0 Å². The van der Waals surface area contributed by atoms with Crippen LogP contribution in [0, 0.1) is 0 Å². The predicted molar refractivity (Wildman–Crippen MR) is 72.5 cm³/mol. The summed E-state index contributed by atoms with van der Waals surface area (Å²) in [5, 5.41) is 8.30. The predicted octanol–water partition coefficient (Wildman–Crippen LogP) is 0.653. The normalized spacial score (nSPS) is 17.5. The van der Waals surface area contributed by atoms with E-state index in [9.17, 15) is 8.42 Å². The summed E-state index contributed by atoms with van der Waals surface area (Å²) in [5.74, 6) is 0. The van der Waals surface area contributed by atoms with Crippen molar-refractivity contribution in [2.24, 2.45) is 0 Å². The Bertz CT molecular complexity index is 530. The molecule has 1 unspecified atom stereocenters. The maximum Gasteiger partial charge on any atom is 0.240 e. The lowest BCUT2D eigenvalue weighted by Gasteiger charge is -2.37. The van der Waals surface area contributed by atoms with Gasteiger partial charge in [0.05, 0.1) is 24.5 Å². The summed E-state index contributed by atoms with van der Waals surface area (Å²) in [6, 6.07) is 7.41. The first-order chi connectivity index (χ1) is 8.48. The van der Waals surface area contributed by atoms with E-state index >= 15 is 0 Å². The van der Waals surface area contributed by atoms with Gasteiger partial charge in [0.25, 0.3) is 0 Å². The Morgan fingerprint density at radius 1 is 1.28 bits per heavy atom. The fourth-order valence-electron chi connectivity index (χ4n) is 2.06. The van der Waals surface area contributed by atoms with Crippen LogP contribution in [0.25, 0.3) is 0 Å². The number of fused-ring (bicyclic) bond motifs is 1. The fraction of sp³-hybridized carbons (Fsp3) is 0.500. The quantitative estimate of drug-likeness (QED) is 0.876. The Morgan fingerprint density at radius 2 is 1.89 bits per heavy atom. The number of sulfonamides is 1. The van der Waals surface area contributed by atoms with Gasteiger partial charge >= 0.3 is 0 Å². The van der Waals surface area contributed by atoms with E-state index in [1.54, 1.807) is 6.07 Å². The lowest BCUT2D eigenvalue weighted by molar-refractivity contribution is 0.295. The van der Waals surface area contributed by atoms with Crippen molar-refractivity contribution in [2.45, 2.75) is 12.2 Å². The molecule has 18 heavy (non-hydrogen) atoms. The van der Waals surface area contributed by atoms with Gasteiger partial charge < -0.3 is 10.0 Å². The third-order valence-electron chi connectivity index (χ3n) is 3.27. The topological polar surface area (TPSA) is 60.9 Å². The number of aliphatic hydroxyl groups excluding tert-OH is 1. The van der Waals surface area contributed by atoms with Gasteiger partial charge in [-0.3, -0.25) is 4.31 Å². The van der Waals surface area contributed by atoms with Crippen LogP contribution in [-0.4, -0.2) is 45.5 Å². The number of benzene rings is 1. The monoisotopic (exact) mass is 270 g/mol. The summed E-state index contributed by atoms with van der Waals surface area (Å²) in [6.07, 6.45) is 0. The zero-order valence-electron chi connectivity index (χ0n) is 10.6. The average molecular weight is 270 g/mol. The van der Waals surface area contributed by atoms with Crippen molar-refractivity contribution in [1.82, 2.24) is 0 Å². The van der Waals surface area contributed by atoms with Crippen LogP contribution in [0.2, 0.25) is 0 Å². The summed E-state index contributed by atoms with van der Waals surface area (Å²) in [6.45, 7) is 2.22. The SMILES string of the molecule is CC(CO)S(=O)(=O)N1CCN(C)c2ccccc21. The molecule has 0 amide bonds. The van der Waals surface area contributed by atoms with E-state index in [0.29, 0.717) is 18.8 Å². The molecule has 1 aromatic carbocycles. The second-order valence-electron chi connectivity index (χ2n) is 4.52. The lowest BCUT2D eigenvalue weighted by Crippen LogP contribution is -2.46. The third-order valence-corrected chi connectivity index (χ3v) is 5.43. The standard InChI is InChI=1S/C12H18N2O3S/c1-10(9-15)18(16,17)14-8-7-13(2)11-5-3-4-6-12(11)14/h3-6,10,15H,7-9H2,1-2H3. The van der Waals surface area contributed by atoms with Gasteiger partial charge in [0.1, 0.15) is 5.25 Å². The van der Waals surface area contributed by atoms with Crippen LogP contribution < -0.4 is 9.21 Å². The Balaban J connectivity index is 2.47. The molecule has 100 valence electrons. The van der Waals surface area contributed by atoms with Gasteiger partial charge in [-0.15, -0.1) is 0 Å². The van der Waals surface area contributed by atoms with E-state index in [-0.39, 0.29) is 6.61 Å². The molecule has 0 spiro atoms. The molecule has 1 atom stereocenters. The Hall–Kier alpha value is -1.27. The molecule has 0 aliphatic carbocycles. The summed E-state index contributed by atoms with van der Waals surface area (Å²) in [4.78, 5) is 2.03. The molecule has 0 saturated carbocycles. The van der Waals surface area contributed by atoms with Crippen LogP contribution in [0.3, 0.4) is 0 Å². The Kier molecular flexibility index (Phi) is 3.49. The van der Waals surface area contributed by atoms with Gasteiger partial charge in [-0.2, -0.15) is 0 Å². The first-order valence-electron chi connectivity index (χ1n) is 5.91. The van der Waals surface area contributed by atoms with Crippen LogP contribution in [0.15, 0.2) is 24.3 Å². The maximum atomic E-state index is 12.3. The maximum absolute atomic E-state index is 12.3. The minimum absolute atomic E-state index is 0.364. The molecule has 0 fully saturated rings. The van der Waals surface area contributed by atoms with Gasteiger partial charge in [0.2, 0.25) is 10.0 Å². The highest BCUT2D eigenvalue weighted by Crippen LogP contribution is 2.34. The van der Waals surface area contributed by atoms with Crippen molar-refractivity contribution in [2.75, 3.05) is 35.9 Å². The molecule has 0 bridgehead atoms. The van der Waals surface area contributed by atoms with E-state index < -0.39 is 15.3 Å². The van der Waals surface area contributed by atoms with Gasteiger partial charge in [-0.05, 0) is 19.1 Å². The summed E-state index contributed by atoms with van der Waals surface area (Å²) >= 11 is 0. The van der Waals surface area contributed by atoms with Crippen LogP contribution in [0.1, 0.15) is 6.92 Å². The highest BCUT2D eigenvalue weighted by Gasteiger charge is 2.32. The van der Waals surface area contributed by atoms with E-state index in [1.807, 2.05) is 30.1 Å². The van der Waals surface area contributed by atoms with E-state index in [0.717, 1.165) is 5.69 Å². The Morgan fingerprint density at radius 3 is 2.50 bits per heavy atom. The highest BCUT2D eigenvalue weighted by molar-refractivity contribution is 7.93. The van der Waals surface area contributed by atoms with Crippen molar-refractivity contribution < 1.29 is 13.5 Å². The van der Waals surface area contributed by atoms with Crippen LogP contribution in [0.4, 0.5) is 11.4 Å². The molecule has 1 aliphatic rings. The summed E-state index contributed by atoms with van der Waals surface area (Å²) < 4.78 is 26.1. The Labute approximate surface area is 108 Å². The first kappa shape index (κ1) is 13.2. The van der Waals surface area contributed by atoms with Crippen molar-refractivity contribution in [3.8, 4) is 0 Å². The molecule has 1 aromatic rings. The smallest absolute Gasteiger partial charge is 0.240 e. The first-order valence-corrected chi connectivity index (χ1v) is 7.41. The summed E-state index contributed by atoms with van der Waals surface area (Å²) in [7, 11) is -1.55. The zero-order valence-corrected chi connectivity index (χ0v) is 11.4. The minimum atomic E-state index is -3.49. The number of hydrogen-bond acceptors (Lipinski definition) is 4. The zero-order chi connectivity index (χ0) is 13.3. The molecule has 5 nitrogen and oxygen atoms in total. The van der Waals surface area contributed by atoms with Gasteiger partial charge in [0.15, 0.2) is 0 Å². The molecule has 0 saturated heterocycles. The average Bonchev–Trinajstić information content (AvgIpc) is 2.38. The molecule has 1 N–H and O–H groups in total. The molecular weight excluding hydrogens is 252 g/mol. The van der Waals surface area contributed by atoms with Crippen molar-refractivity contribution in [1.29, 1.82) is 0 Å². The number of nitrogens with zero attached hydrogens (tertiary/aromatic N) is 2. The molecule has 0 aromatic heterocycles. The van der Waals surface area contributed by atoms with Gasteiger partial charge in [0, 0.05) is 13.6 Å². The van der Waals surface area contributed by atoms with Crippen LogP contribution >= 0.6 is 0 Å². The highest BCUT2D eigenvalue weighted by atomic mass is 32.2. The van der Waals surface area contributed by atoms with E-state index in [2.05, 4.69) is 0 Å². The number of anilines is 2. The van der Waals surface area contributed by atoms with E-state index in [1.165, 1.54) is 11.2 Å². The molecule has 2 rings (SSSR count). The third kappa shape index (κ3) is 2.06. The van der Waals surface area contributed by atoms with Gasteiger partial charge in [-0.1, -0.05) is 12.1 Å². The van der Waals surface area contributed by atoms with Crippen LogP contribution in [-0.2, 0) is 10.0 Å². The van der Waals surface area contributed by atoms with Crippen molar-refractivity contribution >= 4 is 21.4 Å². The minimum Gasteiger partial charge on any atom is -0.395 e. The molecule has 0 radical (unpaired) electrons. The largest absolute Gasteiger partial charge is 0.395 e. The summed E-state index contributed by atoms with van der Waals surface area (Å²) in [5.41, 5.74) is 1.59. The number of likely N-dealkylation sites (N-methyl/N-ethyl adjacent to an activating group) is 1. The molecule has 6 heteroatoms.